The summed E-state index contributed by atoms with van der Waals surface area (Å²) >= 11 is 0. The molecule has 2 aliphatic heterocycles. The summed E-state index contributed by atoms with van der Waals surface area (Å²) in [6.45, 7) is 2.85. The zero-order valence-corrected chi connectivity index (χ0v) is 19.1. The number of rotatable bonds is 6. The van der Waals surface area contributed by atoms with E-state index in [0.717, 1.165) is 64.5 Å². The van der Waals surface area contributed by atoms with Crippen LogP contribution < -0.4 is 10.1 Å². The lowest BCUT2D eigenvalue weighted by atomic mass is 9.87. The van der Waals surface area contributed by atoms with Gasteiger partial charge in [0.2, 0.25) is 11.8 Å². The van der Waals surface area contributed by atoms with Crippen molar-refractivity contribution in [3.8, 4) is 5.75 Å². The van der Waals surface area contributed by atoms with E-state index in [1.54, 1.807) is 31.4 Å². The largest absolute Gasteiger partial charge is 0.497 e. The molecule has 3 amide bonds. The molecule has 1 N–H and O–H groups in total. The SMILES string of the molecule is COc1ccc(C(=O)NC(C(=O)N2CCCC2)C2CCN(C(=O)C3CCCC3)CC2)cc1. The minimum absolute atomic E-state index is 0.0185. The molecular formula is C25H35N3O4. The molecule has 7 heteroatoms. The second-order valence-corrected chi connectivity index (χ2v) is 9.36. The maximum Gasteiger partial charge on any atom is 0.251 e. The van der Waals surface area contributed by atoms with Gasteiger partial charge in [0.25, 0.3) is 5.91 Å². The Hall–Kier alpha value is -2.57. The molecule has 7 nitrogen and oxygen atoms in total. The summed E-state index contributed by atoms with van der Waals surface area (Å²) < 4.78 is 5.17. The smallest absolute Gasteiger partial charge is 0.251 e. The first-order valence-corrected chi connectivity index (χ1v) is 12.1. The Morgan fingerprint density at radius 3 is 2.09 bits per heavy atom. The first kappa shape index (κ1) is 22.6. The van der Waals surface area contributed by atoms with Crippen molar-refractivity contribution in [3.05, 3.63) is 29.8 Å². The second-order valence-electron chi connectivity index (χ2n) is 9.36. The number of hydrogen-bond donors (Lipinski definition) is 1. The molecule has 0 spiro atoms. The normalized spacial score (nSPS) is 20.9. The van der Waals surface area contributed by atoms with E-state index in [1.165, 1.54) is 0 Å². The van der Waals surface area contributed by atoms with Gasteiger partial charge in [-0.2, -0.15) is 0 Å². The second kappa shape index (κ2) is 10.4. The number of methoxy groups -OCH3 is 1. The molecule has 3 fully saturated rings. The zero-order chi connectivity index (χ0) is 22.5. The quantitative estimate of drug-likeness (QED) is 0.736. The fourth-order valence-electron chi connectivity index (χ4n) is 5.37. The topological polar surface area (TPSA) is 79.0 Å². The Bertz CT molecular complexity index is 805. The van der Waals surface area contributed by atoms with Crippen molar-refractivity contribution < 1.29 is 19.1 Å². The number of piperidine rings is 1. The van der Waals surface area contributed by atoms with Crippen LogP contribution in [-0.4, -0.2) is 66.9 Å². The van der Waals surface area contributed by atoms with Gasteiger partial charge in [-0.05, 0) is 68.7 Å². The fourth-order valence-corrected chi connectivity index (χ4v) is 5.37. The van der Waals surface area contributed by atoms with Crippen LogP contribution in [0.15, 0.2) is 24.3 Å². The van der Waals surface area contributed by atoms with Crippen LogP contribution in [0.5, 0.6) is 5.75 Å². The predicted octanol–water partition coefficient (Wildman–Crippen LogP) is 2.84. The highest BCUT2D eigenvalue weighted by Gasteiger charge is 2.38. The van der Waals surface area contributed by atoms with E-state index in [9.17, 15) is 14.4 Å². The van der Waals surface area contributed by atoms with Crippen molar-refractivity contribution in [1.29, 1.82) is 0 Å². The van der Waals surface area contributed by atoms with Gasteiger partial charge in [0.15, 0.2) is 0 Å². The van der Waals surface area contributed by atoms with Gasteiger partial charge in [0.05, 0.1) is 7.11 Å². The number of likely N-dealkylation sites (tertiary alicyclic amines) is 2. The third-order valence-electron chi connectivity index (χ3n) is 7.35. The van der Waals surface area contributed by atoms with Crippen molar-refractivity contribution in [2.24, 2.45) is 11.8 Å². The van der Waals surface area contributed by atoms with Crippen molar-refractivity contribution in [3.63, 3.8) is 0 Å². The number of benzene rings is 1. The van der Waals surface area contributed by atoms with Crippen LogP contribution in [0.1, 0.15) is 61.7 Å². The number of nitrogens with zero attached hydrogens (tertiary/aromatic N) is 2. The van der Waals surface area contributed by atoms with E-state index >= 15 is 0 Å². The first-order chi connectivity index (χ1) is 15.6. The predicted molar refractivity (Wildman–Crippen MR) is 121 cm³/mol. The molecular weight excluding hydrogens is 406 g/mol. The van der Waals surface area contributed by atoms with E-state index in [0.29, 0.717) is 24.4 Å². The summed E-state index contributed by atoms with van der Waals surface area (Å²) in [4.78, 5) is 43.0. The molecule has 1 aliphatic carbocycles. The standard InChI is InChI=1S/C25H35N3O4/c1-32-21-10-8-19(9-11-21)23(29)26-22(25(31)27-14-4-5-15-27)18-12-16-28(17-13-18)24(30)20-6-2-3-7-20/h8-11,18,20,22H,2-7,12-17H2,1H3,(H,26,29). The summed E-state index contributed by atoms with van der Waals surface area (Å²) in [5.41, 5.74) is 0.513. The maximum absolute atomic E-state index is 13.3. The van der Waals surface area contributed by atoms with Gasteiger partial charge < -0.3 is 19.9 Å². The summed E-state index contributed by atoms with van der Waals surface area (Å²) in [6.07, 6.45) is 7.82. The molecule has 1 aromatic carbocycles. The highest BCUT2D eigenvalue weighted by molar-refractivity contribution is 5.97. The molecule has 174 valence electrons. The molecule has 1 aromatic rings. The highest BCUT2D eigenvalue weighted by atomic mass is 16.5. The molecule has 1 unspecified atom stereocenters. The van der Waals surface area contributed by atoms with Crippen molar-refractivity contribution in [2.45, 2.75) is 57.4 Å². The summed E-state index contributed by atoms with van der Waals surface area (Å²) in [5.74, 6) is 0.969. The molecule has 1 saturated carbocycles. The number of carbonyl (C=O) groups is 3. The number of hydrogen-bond acceptors (Lipinski definition) is 4. The molecule has 2 saturated heterocycles. The average molecular weight is 442 g/mol. The minimum Gasteiger partial charge on any atom is -0.497 e. The number of amides is 3. The Morgan fingerprint density at radius 2 is 1.50 bits per heavy atom. The molecule has 0 bridgehead atoms. The van der Waals surface area contributed by atoms with Crippen LogP contribution in [0.2, 0.25) is 0 Å². The first-order valence-electron chi connectivity index (χ1n) is 12.1. The zero-order valence-electron chi connectivity index (χ0n) is 19.1. The Labute approximate surface area is 190 Å². The van der Waals surface area contributed by atoms with E-state index in [2.05, 4.69) is 5.32 Å². The molecule has 1 atom stereocenters. The van der Waals surface area contributed by atoms with E-state index in [1.807, 2.05) is 9.80 Å². The van der Waals surface area contributed by atoms with Gasteiger partial charge in [-0.3, -0.25) is 14.4 Å². The lowest BCUT2D eigenvalue weighted by Crippen LogP contribution is -2.54. The third-order valence-corrected chi connectivity index (χ3v) is 7.35. The van der Waals surface area contributed by atoms with E-state index in [-0.39, 0.29) is 29.6 Å². The van der Waals surface area contributed by atoms with Crippen LogP contribution in [0.25, 0.3) is 0 Å². The van der Waals surface area contributed by atoms with Gasteiger partial charge in [-0.1, -0.05) is 12.8 Å². The van der Waals surface area contributed by atoms with Gasteiger partial charge in [0.1, 0.15) is 11.8 Å². The monoisotopic (exact) mass is 441 g/mol. The molecule has 3 aliphatic rings. The molecule has 0 aromatic heterocycles. The Morgan fingerprint density at radius 1 is 0.875 bits per heavy atom. The van der Waals surface area contributed by atoms with Gasteiger partial charge in [-0.15, -0.1) is 0 Å². The minimum atomic E-state index is -0.550. The molecule has 4 rings (SSSR count). The van der Waals surface area contributed by atoms with Crippen molar-refractivity contribution >= 4 is 17.7 Å². The molecule has 2 heterocycles. The van der Waals surface area contributed by atoms with Crippen molar-refractivity contribution in [1.82, 2.24) is 15.1 Å². The van der Waals surface area contributed by atoms with Gasteiger partial charge in [0, 0.05) is 37.7 Å². The van der Waals surface area contributed by atoms with Crippen molar-refractivity contribution in [2.75, 3.05) is 33.3 Å². The van der Waals surface area contributed by atoms with Gasteiger partial charge in [-0.25, -0.2) is 0 Å². The lowest BCUT2D eigenvalue weighted by Gasteiger charge is -2.38. The summed E-state index contributed by atoms with van der Waals surface area (Å²) in [7, 11) is 1.59. The average Bonchev–Trinajstić information content (AvgIpc) is 3.56. The lowest BCUT2D eigenvalue weighted by molar-refractivity contribution is -0.138. The van der Waals surface area contributed by atoms with Crippen LogP contribution in [-0.2, 0) is 9.59 Å². The number of ether oxygens (including phenoxy) is 1. The third kappa shape index (κ3) is 5.08. The molecule has 0 radical (unpaired) electrons. The Balaban J connectivity index is 1.42. The van der Waals surface area contributed by atoms with E-state index in [4.69, 9.17) is 4.74 Å². The number of nitrogens with one attached hydrogen (secondary N) is 1. The maximum atomic E-state index is 13.3. The number of carbonyl (C=O) groups excluding carboxylic acids is 3. The fraction of sp³-hybridized carbons (Fsp3) is 0.640. The van der Waals surface area contributed by atoms with Gasteiger partial charge >= 0.3 is 0 Å². The van der Waals surface area contributed by atoms with E-state index < -0.39 is 6.04 Å². The Kier molecular flexibility index (Phi) is 7.33. The summed E-state index contributed by atoms with van der Waals surface area (Å²) in [6, 6.07) is 6.38. The van der Waals surface area contributed by atoms with Crippen LogP contribution in [0, 0.1) is 11.8 Å². The van der Waals surface area contributed by atoms with Crippen LogP contribution >= 0.6 is 0 Å². The molecule has 32 heavy (non-hydrogen) atoms. The summed E-state index contributed by atoms with van der Waals surface area (Å²) in [5, 5.41) is 3.04. The highest BCUT2D eigenvalue weighted by Crippen LogP contribution is 2.30. The van der Waals surface area contributed by atoms with Crippen LogP contribution in [0.3, 0.4) is 0 Å². The van der Waals surface area contributed by atoms with Crippen LogP contribution in [0.4, 0.5) is 0 Å².